The highest BCUT2D eigenvalue weighted by atomic mass is 16.2. The molecule has 2 amide bonds. The summed E-state index contributed by atoms with van der Waals surface area (Å²) in [5.41, 5.74) is 4.73. The van der Waals surface area contributed by atoms with Crippen molar-refractivity contribution in [2.75, 3.05) is 11.4 Å². The summed E-state index contributed by atoms with van der Waals surface area (Å²) in [7, 11) is 0. The molecule has 0 unspecified atom stereocenters. The maximum absolute atomic E-state index is 14.1. The largest absolute Gasteiger partial charge is 0.354 e. The molecule has 4 aromatic rings. The van der Waals surface area contributed by atoms with Gasteiger partial charge in [-0.25, -0.2) is 4.68 Å². The van der Waals surface area contributed by atoms with Crippen LogP contribution in [0, 0.1) is 19.8 Å². The van der Waals surface area contributed by atoms with E-state index in [4.69, 9.17) is 0 Å². The first-order valence-electron chi connectivity index (χ1n) is 12.2. The summed E-state index contributed by atoms with van der Waals surface area (Å²) in [6.45, 7) is 8.61. The number of para-hydroxylation sites is 1. The van der Waals surface area contributed by atoms with E-state index in [2.05, 4.69) is 34.5 Å². The molecule has 1 N–H and O–H groups in total. The minimum Gasteiger partial charge on any atom is -0.354 e. The van der Waals surface area contributed by atoms with Crippen LogP contribution in [0.25, 0.3) is 11.0 Å². The number of benzene rings is 2. The molecular formula is C28H32N6O2. The maximum atomic E-state index is 14.1. The Labute approximate surface area is 211 Å². The molecule has 2 aromatic heterocycles. The molecule has 0 spiro atoms. The molecule has 0 fully saturated rings. The van der Waals surface area contributed by atoms with Crippen LogP contribution < -0.4 is 10.2 Å². The molecule has 0 aliphatic rings. The van der Waals surface area contributed by atoms with Gasteiger partial charge in [-0.1, -0.05) is 43.3 Å². The zero-order chi connectivity index (χ0) is 25.7. The lowest BCUT2D eigenvalue weighted by atomic mass is 10.0. The first-order valence-corrected chi connectivity index (χ1v) is 12.2. The van der Waals surface area contributed by atoms with E-state index in [1.807, 2.05) is 56.3 Å². The number of carbonyl (C=O) groups excluding carboxylic acids is 2. The Hall–Kier alpha value is -4.07. The van der Waals surface area contributed by atoms with Crippen LogP contribution in [-0.2, 0) is 16.1 Å². The van der Waals surface area contributed by atoms with Gasteiger partial charge < -0.3 is 5.32 Å². The number of aryl methyl sites for hydroxylation is 2. The minimum absolute atomic E-state index is 0.0608. The van der Waals surface area contributed by atoms with Crippen molar-refractivity contribution in [1.29, 1.82) is 0 Å². The van der Waals surface area contributed by atoms with E-state index in [0.717, 1.165) is 23.1 Å². The lowest BCUT2D eigenvalue weighted by Crippen LogP contribution is -2.46. The van der Waals surface area contributed by atoms with Crippen molar-refractivity contribution < 1.29 is 9.59 Å². The summed E-state index contributed by atoms with van der Waals surface area (Å²) < 4.78 is 1.58. The lowest BCUT2D eigenvalue weighted by molar-refractivity contribution is -0.127. The van der Waals surface area contributed by atoms with Crippen LogP contribution in [0.2, 0.25) is 0 Å². The predicted molar refractivity (Wildman–Crippen MR) is 140 cm³/mol. The molecule has 0 saturated carbocycles. The van der Waals surface area contributed by atoms with Crippen LogP contribution in [-0.4, -0.2) is 38.3 Å². The minimum atomic E-state index is -0.872. The molecular weight excluding hydrogens is 452 g/mol. The maximum Gasteiger partial charge on any atom is 0.249 e. The number of hydrogen-bond donors (Lipinski definition) is 1. The van der Waals surface area contributed by atoms with Crippen molar-refractivity contribution >= 4 is 28.5 Å². The fourth-order valence-corrected chi connectivity index (χ4v) is 4.18. The van der Waals surface area contributed by atoms with Crippen LogP contribution in [0.3, 0.4) is 0 Å². The van der Waals surface area contributed by atoms with Gasteiger partial charge in [-0.2, -0.15) is 0 Å². The van der Waals surface area contributed by atoms with Crippen molar-refractivity contribution in [2.45, 2.75) is 46.7 Å². The number of nitrogens with zero attached hydrogens (tertiary/aromatic N) is 5. The first-order chi connectivity index (χ1) is 17.3. The molecule has 0 radical (unpaired) electrons. The van der Waals surface area contributed by atoms with Gasteiger partial charge in [0.05, 0.1) is 5.52 Å². The highest BCUT2D eigenvalue weighted by Gasteiger charge is 2.34. The quantitative estimate of drug-likeness (QED) is 0.381. The Morgan fingerprint density at radius 3 is 2.53 bits per heavy atom. The zero-order valence-electron chi connectivity index (χ0n) is 21.2. The monoisotopic (exact) mass is 484 g/mol. The third-order valence-electron chi connectivity index (χ3n) is 6.15. The number of carbonyl (C=O) groups is 2. The van der Waals surface area contributed by atoms with Crippen LogP contribution in [0.4, 0.5) is 5.69 Å². The Balaban J connectivity index is 1.78. The molecule has 36 heavy (non-hydrogen) atoms. The summed E-state index contributed by atoms with van der Waals surface area (Å²) >= 11 is 0. The second-order valence-corrected chi connectivity index (χ2v) is 9.45. The van der Waals surface area contributed by atoms with E-state index < -0.39 is 6.04 Å². The summed E-state index contributed by atoms with van der Waals surface area (Å²) in [5.74, 6) is -0.0539. The number of aromatic nitrogens is 4. The van der Waals surface area contributed by atoms with Gasteiger partial charge in [0.15, 0.2) is 0 Å². The van der Waals surface area contributed by atoms with Gasteiger partial charge in [-0.05, 0) is 73.2 Å². The van der Waals surface area contributed by atoms with Crippen molar-refractivity contribution in [2.24, 2.45) is 5.92 Å². The number of anilines is 1. The van der Waals surface area contributed by atoms with Crippen LogP contribution >= 0.6 is 0 Å². The Kier molecular flexibility index (Phi) is 7.73. The van der Waals surface area contributed by atoms with E-state index in [1.165, 1.54) is 0 Å². The zero-order valence-corrected chi connectivity index (χ0v) is 21.2. The fraction of sp³-hybridized carbons (Fsp3) is 0.321. The second-order valence-electron chi connectivity index (χ2n) is 9.45. The molecule has 2 aromatic carbocycles. The van der Waals surface area contributed by atoms with E-state index >= 15 is 0 Å². The average molecular weight is 485 g/mol. The third-order valence-corrected chi connectivity index (χ3v) is 6.15. The lowest BCUT2D eigenvalue weighted by Gasteiger charge is -2.33. The number of amides is 2. The molecule has 186 valence electrons. The van der Waals surface area contributed by atoms with Crippen molar-refractivity contribution in [3.05, 3.63) is 83.7 Å². The molecule has 1 atom stereocenters. The van der Waals surface area contributed by atoms with Crippen molar-refractivity contribution in [1.82, 2.24) is 25.3 Å². The van der Waals surface area contributed by atoms with E-state index in [0.29, 0.717) is 29.2 Å². The third kappa shape index (κ3) is 5.59. The Morgan fingerprint density at radius 2 is 1.78 bits per heavy atom. The van der Waals surface area contributed by atoms with Gasteiger partial charge in [0.1, 0.15) is 18.1 Å². The van der Waals surface area contributed by atoms with Crippen LogP contribution in [0.5, 0.6) is 0 Å². The Bertz CT molecular complexity index is 1350. The molecule has 2 heterocycles. The molecule has 0 saturated heterocycles. The SMILES string of the molecule is Cc1ccc(C)c(N(C(=O)Cn2nnc3ccccc32)[C@H](C(=O)NCCC(C)C)c2ccncc2)c1. The Morgan fingerprint density at radius 1 is 1.03 bits per heavy atom. The predicted octanol–water partition coefficient (Wildman–Crippen LogP) is 4.38. The normalized spacial score (nSPS) is 12.0. The topological polar surface area (TPSA) is 93.0 Å². The van der Waals surface area contributed by atoms with E-state index in [-0.39, 0.29) is 18.4 Å². The summed E-state index contributed by atoms with van der Waals surface area (Å²) in [5, 5.41) is 11.4. The smallest absolute Gasteiger partial charge is 0.249 e. The molecule has 0 aliphatic carbocycles. The average Bonchev–Trinajstić information content (AvgIpc) is 3.27. The van der Waals surface area contributed by atoms with Gasteiger partial charge in [-0.15, -0.1) is 5.10 Å². The number of pyridine rings is 1. The first kappa shape index (κ1) is 25.0. The number of rotatable bonds is 9. The van der Waals surface area contributed by atoms with Crippen molar-refractivity contribution in [3.8, 4) is 0 Å². The molecule has 4 rings (SSSR count). The molecule has 8 heteroatoms. The van der Waals surface area contributed by atoms with Gasteiger partial charge in [-0.3, -0.25) is 19.5 Å². The van der Waals surface area contributed by atoms with E-state index in [9.17, 15) is 9.59 Å². The van der Waals surface area contributed by atoms with Gasteiger partial charge in [0.2, 0.25) is 11.8 Å². The molecule has 0 aliphatic heterocycles. The van der Waals surface area contributed by atoms with Crippen molar-refractivity contribution in [3.63, 3.8) is 0 Å². The summed E-state index contributed by atoms with van der Waals surface area (Å²) in [6, 6.07) is 16.1. The summed E-state index contributed by atoms with van der Waals surface area (Å²) in [4.78, 5) is 33.5. The second kappa shape index (κ2) is 11.1. The van der Waals surface area contributed by atoms with Crippen LogP contribution in [0.15, 0.2) is 67.0 Å². The fourth-order valence-electron chi connectivity index (χ4n) is 4.18. The van der Waals surface area contributed by atoms with Gasteiger partial charge in [0, 0.05) is 24.6 Å². The highest BCUT2D eigenvalue weighted by molar-refractivity contribution is 6.02. The van der Waals surface area contributed by atoms with Gasteiger partial charge in [0.25, 0.3) is 0 Å². The molecule has 8 nitrogen and oxygen atoms in total. The summed E-state index contributed by atoms with van der Waals surface area (Å²) in [6.07, 6.45) is 4.12. The number of nitrogens with one attached hydrogen (secondary N) is 1. The number of fused-ring (bicyclic) bond motifs is 1. The van der Waals surface area contributed by atoms with Gasteiger partial charge >= 0.3 is 0 Å². The number of hydrogen-bond acceptors (Lipinski definition) is 5. The van der Waals surface area contributed by atoms with Crippen LogP contribution in [0.1, 0.15) is 43.0 Å². The molecule has 0 bridgehead atoms. The standard InChI is InChI=1S/C28H32N6O2/c1-19(2)11-16-30-28(36)27(22-12-14-29-15-13-22)34(25-17-20(3)9-10-21(25)4)26(35)18-33-24-8-6-5-7-23(24)31-32-33/h5-10,12-15,17,19,27H,11,16,18H2,1-4H3,(H,30,36)/t27-/m0/s1. The van der Waals surface area contributed by atoms with E-state index in [1.54, 1.807) is 34.1 Å². The highest BCUT2D eigenvalue weighted by Crippen LogP contribution is 2.32.